The van der Waals surface area contributed by atoms with Gasteiger partial charge in [-0.15, -0.1) is 0 Å². The van der Waals surface area contributed by atoms with Crippen molar-refractivity contribution in [3.63, 3.8) is 0 Å². The lowest BCUT2D eigenvalue weighted by atomic mass is 10.00. The van der Waals surface area contributed by atoms with Gasteiger partial charge in [0.05, 0.1) is 0 Å². The third kappa shape index (κ3) is 1.43. The van der Waals surface area contributed by atoms with Crippen molar-refractivity contribution in [2.24, 2.45) is 0 Å². The van der Waals surface area contributed by atoms with Crippen molar-refractivity contribution in [2.75, 3.05) is 0 Å². The van der Waals surface area contributed by atoms with Crippen molar-refractivity contribution in [1.82, 2.24) is 0 Å². The molecular formula is C17H12O2. The van der Waals surface area contributed by atoms with E-state index in [1.807, 2.05) is 54.6 Å². The molecule has 0 unspecified atom stereocenters. The average Bonchev–Trinajstić information content (AvgIpc) is 2.63. The third-order valence-electron chi connectivity index (χ3n) is 3.64. The van der Waals surface area contributed by atoms with Gasteiger partial charge in [-0.05, 0) is 6.08 Å². The van der Waals surface area contributed by atoms with E-state index in [9.17, 15) is 5.11 Å². The number of allylic oxidation sites excluding steroid dienone is 3. The maximum absolute atomic E-state index is 10.2. The minimum Gasteiger partial charge on any atom is -0.511 e. The van der Waals surface area contributed by atoms with Crippen LogP contribution in [0.25, 0.3) is 17.9 Å². The molecule has 4 rings (SSSR count). The summed E-state index contributed by atoms with van der Waals surface area (Å²) >= 11 is 0. The summed E-state index contributed by atoms with van der Waals surface area (Å²) in [7, 11) is 0. The molecular weight excluding hydrogens is 236 g/mol. The summed E-state index contributed by atoms with van der Waals surface area (Å²) in [5.41, 5.74) is 3.89. The Morgan fingerprint density at radius 3 is 2.74 bits per heavy atom. The molecule has 0 atom stereocenters. The SMILES string of the molecule is OC1=c2ccccc2=c2oc3c(c2C1)C=CC=CC=3. The van der Waals surface area contributed by atoms with Crippen LogP contribution in [0.5, 0.6) is 0 Å². The largest absolute Gasteiger partial charge is 0.511 e. The van der Waals surface area contributed by atoms with Crippen molar-refractivity contribution >= 4 is 17.9 Å². The Labute approximate surface area is 109 Å². The maximum Gasteiger partial charge on any atom is 0.139 e. The summed E-state index contributed by atoms with van der Waals surface area (Å²) in [5.74, 6) is 0.414. The van der Waals surface area contributed by atoms with E-state index in [4.69, 9.17) is 4.42 Å². The number of fused-ring (bicyclic) bond motifs is 4. The number of hydrogen-bond acceptors (Lipinski definition) is 2. The first-order valence-corrected chi connectivity index (χ1v) is 6.33. The average molecular weight is 248 g/mol. The van der Waals surface area contributed by atoms with Crippen LogP contribution in [0.3, 0.4) is 0 Å². The predicted octanol–water partition coefficient (Wildman–Crippen LogP) is 2.15. The summed E-state index contributed by atoms with van der Waals surface area (Å²) in [6.07, 6.45) is 10.5. The minimum atomic E-state index is 0.414. The topological polar surface area (TPSA) is 33.4 Å². The molecule has 0 spiro atoms. The van der Waals surface area contributed by atoms with E-state index in [0.717, 1.165) is 32.4 Å². The van der Waals surface area contributed by atoms with Crippen LogP contribution >= 0.6 is 0 Å². The van der Waals surface area contributed by atoms with E-state index >= 15 is 0 Å². The highest BCUT2D eigenvalue weighted by Crippen LogP contribution is 2.18. The summed E-state index contributed by atoms with van der Waals surface area (Å²) in [6, 6.07) is 7.82. The van der Waals surface area contributed by atoms with Gasteiger partial charge in [-0.25, -0.2) is 0 Å². The molecule has 2 heteroatoms. The van der Waals surface area contributed by atoms with Gasteiger partial charge in [0.15, 0.2) is 0 Å². The number of aliphatic hydroxyl groups is 1. The van der Waals surface area contributed by atoms with Crippen molar-refractivity contribution < 1.29 is 9.52 Å². The first-order chi connectivity index (χ1) is 9.34. The first-order valence-electron chi connectivity index (χ1n) is 6.33. The molecule has 1 aromatic carbocycles. The molecule has 0 fully saturated rings. The molecule has 92 valence electrons. The number of benzene rings is 1. The second-order valence-electron chi connectivity index (χ2n) is 4.77. The lowest BCUT2D eigenvalue weighted by molar-refractivity contribution is 0.472. The molecule has 1 heterocycles. The Hall–Kier alpha value is -2.48. The summed E-state index contributed by atoms with van der Waals surface area (Å²) < 4.78 is 6.00. The first kappa shape index (κ1) is 10.4. The van der Waals surface area contributed by atoms with E-state index in [2.05, 4.69) is 0 Å². The monoisotopic (exact) mass is 248 g/mol. The second-order valence-corrected chi connectivity index (χ2v) is 4.77. The smallest absolute Gasteiger partial charge is 0.139 e. The van der Waals surface area contributed by atoms with Gasteiger partial charge in [-0.1, -0.05) is 48.6 Å². The summed E-state index contributed by atoms with van der Waals surface area (Å²) in [5, 5.41) is 12.1. The fourth-order valence-electron chi connectivity index (χ4n) is 2.75. The molecule has 2 aliphatic carbocycles. The quantitative estimate of drug-likeness (QED) is 0.775. The summed E-state index contributed by atoms with van der Waals surface area (Å²) in [4.78, 5) is 0. The van der Waals surface area contributed by atoms with E-state index < -0.39 is 0 Å². The Balaban J connectivity index is 2.30. The lowest BCUT2D eigenvalue weighted by Gasteiger charge is -2.05. The van der Waals surface area contributed by atoms with Gasteiger partial charge >= 0.3 is 0 Å². The molecule has 2 aliphatic rings. The van der Waals surface area contributed by atoms with E-state index in [-0.39, 0.29) is 0 Å². The van der Waals surface area contributed by atoms with Gasteiger partial charge in [0.2, 0.25) is 0 Å². The Morgan fingerprint density at radius 1 is 1.00 bits per heavy atom. The second kappa shape index (κ2) is 3.75. The minimum absolute atomic E-state index is 0.414. The van der Waals surface area contributed by atoms with Crippen LogP contribution in [-0.4, -0.2) is 5.11 Å². The molecule has 19 heavy (non-hydrogen) atoms. The predicted molar refractivity (Wildman–Crippen MR) is 74.5 cm³/mol. The van der Waals surface area contributed by atoms with Crippen LogP contribution in [-0.2, 0) is 6.42 Å². The Bertz CT molecular complexity index is 940. The van der Waals surface area contributed by atoms with Crippen LogP contribution in [0.15, 0.2) is 46.9 Å². The highest BCUT2D eigenvalue weighted by molar-refractivity contribution is 5.63. The van der Waals surface area contributed by atoms with Crippen LogP contribution < -0.4 is 10.6 Å². The van der Waals surface area contributed by atoms with Crippen molar-refractivity contribution in [3.8, 4) is 0 Å². The zero-order chi connectivity index (χ0) is 12.8. The van der Waals surface area contributed by atoms with E-state index in [1.54, 1.807) is 0 Å². The Kier molecular flexibility index (Phi) is 2.06. The van der Waals surface area contributed by atoms with Gasteiger partial charge < -0.3 is 9.52 Å². The molecule has 0 aliphatic heterocycles. The van der Waals surface area contributed by atoms with Crippen molar-refractivity contribution in [3.05, 3.63) is 74.9 Å². The van der Waals surface area contributed by atoms with E-state index in [1.165, 1.54) is 0 Å². The normalized spacial score (nSPS) is 15.3. The molecule has 2 aromatic rings. The number of rotatable bonds is 0. The van der Waals surface area contributed by atoms with Crippen LogP contribution in [0.1, 0.15) is 11.1 Å². The molecule has 0 saturated heterocycles. The standard InChI is InChI=1S/C17H12O2/c18-15-10-14-12-7-2-1-3-9-16(12)19-17(14)13-8-5-4-6-11(13)15/h1-9,18H,10H2. The van der Waals surface area contributed by atoms with Gasteiger partial charge in [-0.2, -0.15) is 0 Å². The number of aliphatic hydroxyl groups excluding tert-OH is 1. The molecule has 0 bridgehead atoms. The summed E-state index contributed by atoms with van der Waals surface area (Å²) in [6.45, 7) is 0. The zero-order valence-electron chi connectivity index (χ0n) is 10.3. The lowest BCUT2D eigenvalue weighted by Crippen LogP contribution is -2.14. The van der Waals surface area contributed by atoms with Crippen LogP contribution in [0.2, 0.25) is 0 Å². The van der Waals surface area contributed by atoms with Gasteiger partial charge in [0.1, 0.15) is 16.6 Å². The molecule has 0 saturated carbocycles. The van der Waals surface area contributed by atoms with Crippen LogP contribution in [0.4, 0.5) is 0 Å². The zero-order valence-corrected chi connectivity index (χ0v) is 10.3. The van der Waals surface area contributed by atoms with E-state index in [0.29, 0.717) is 12.2 Å². The molecule has 0 amide bonds. The highest BCUT2D eigenvalue weighted by atomic mass is 16.3. The fraction of sp³-hybridized carbons (Fsp3) is 0.0588. The van der Waals surface area contributed by atoms with Crippen molar-refractivity contribution in [2.45, 2.75) is 6.42 Å². The molecule has 1 N–H and O–H groups in total. The van der Waals surface area contributed by atoms with Gasteiger partial charge in [0, 0.05) is 28.0 Å². The van der Waals surface area contributed by atoms with Crippen molar-refractivity contribution in [1.29, 1.82) is 0 Å². The van der Waals surface area contributed by atoms with Gasteiger partial charge in [-0.3, -0.25) is 0 Å². The van der Waals surface area contributed by atoms with Crippen LogP contribution in [0, 0.1) is 10.6 Å². The van der Waals surface area contributed by atoms with Gasteiger partial charge in [0.25, 0.3) is 0 Å². The fourth-order valence-corrected chi connectivity index (χ4v) is 2.75. The Morgan fingerprint density at radius 2 is 1.84 bits per heavy atom. The molecule has 0 radical (unpaired) electrons. The molecule has 2 nitrogen and oxygen atoms in total. The number of hydrogen-bond donors (Lipinski definition) is 1. The highest BCUT2D eigenvalue weighted by Gasteiger charge is 2.16. The number of furan rings is 1. The molecule has 1 aromatic heterocycles. The third-order valence-corrected chi connectivity index (χ3v) is 3.64. The maximum atomic E-state index is 10.2.